The van der Waals surface area contributed by atoms with Gasteiger partial charge in [0.25, 0.3) is 0 Å². The Kier molecular flexibility index (Phi) is 9.24. The standard InChI is InChI=1S/C21H31N5O.HI/c1-4-19-14-20(27-24-19)15-23-21(22-5-2)26-11-9-25(10-12-26)16-18-8-6-7-17(3)13-18;/h6-8,13-14H,4-5,9-12,15-16H2,1-3H3,(H,22,23);1H. The van der Waals surface area contributed by atoms with Crippen molar-refractivity contribution in [1.82, 2.24) is 20.3 Å². The number of hydrogen-bond donors (Lipinski definition) is 1. The molecule has 0 radical (unpaired) electrons. The van der Waals surface area contributed by atoms with Gasteiger partial charge in [-0.3, -0.25) is 4.90 Å². The van der Waals surface area contributed by atoms with Crippen LogP contribution in [0.3, 0.4) is 0 Å². The van der Waals surface area contributed by atoms with Gasteiger partial charge in [0.05, 0.1) is 5.69 Å². The van der Waals surface area contributed by atoms with E-state index in [9.17, 15) is 0 Å². The Morgan fingerprint density at radius 3 is 2.61 bits per heavy atom. The molecule has 0 bridgehead atoms. The second kappa shape index (κ2) is 11.4. The molecule has 2 aromatic rings. The molecule has 0 atom stereocenters. The van der Waals surface area contributed by atoms with Gasteiger partial charge in [0.15, 0.2) is 11.7 Å². The summed E-state index contributed by atoms with van der Waals surface area (Å²) in [7, 11) is 0. The number of rotatable bonds is 6. The van der Waals surface area contributed by atoms with Gasteiger partial charge in [0, 0.05) is 45.3 Å². The van der Waals surface area contributed by atoms with E-state index in [1.165, 1.54) is 11.1 Å². The topological polar surface area (TPSA) is 56.9 Å². The molecule has 0 spiro atoms. The van der Waals surface area contributed by atoms with E-state index in [-0.39, 0.29) is 24.0 Å². The third-order valence-corrected chi connectivity index (χ3v) is 4.85. The summed E-state index contributed by atoms with van der Waals surface area (Å²) in [5, 5.41) is 7.45. The van der Waals surface area contributed by atoms with Gasteiger partial charge in [-0.1, -0.05) is 41.9 Å². The van der Waals surface area contributed by atoms with Gasteiger partial charge in [0.2, 0.25) is 0 Å². The van der Waals surface area contributed by atoms with Crippen molar-refractivity contribution in [3.8, 4) is 0 Å². The van der Waals surface area contributed by atoms with Crippen molar-refractivity contribution in [3.05, 3.63) is 52.9 Å². The first-order valence-electron chi connectivity index (χ1n) is 9.93. The number of aromatic nitrogens is 1. The van der Waals surface area contributed by atoms with Crippen LogP contribution in [0, 0.1) is 6.92 Å². The SMILES string of the molecule is CCNC(=NCc1cc(CC)no1)N1CCN(Cc2cccc(C)c2)CC1.I. The Labute approximate surface area is 185 Å². The van der Waals surface area contributed by atoms with Crippen LogP contribution in [0.25, 0.3) is 0 Å². The summed E-state index contributed by atoms with van der Waals surface area (Å²) in [6, 6.07) is 10.8. The molecule has 2 heterocycles. The lowest BCUT2D eigenvalue weighted by molar-refractivity contribution is 0.172. The smallest absolute Gasteiger partial charge is 0.194 e. The van der Waals surface area contributed by atoms with Crippen LogP contribution in [0.1, 0.15) is 36.4 Å². The zero-order valence-corrected chi connectivity index (χ0v) is 19.5. The molecular weight excluding hydrogens is 465 g/mol. The molecule has 0 saturated carbocycles. The minimum Gasteiger partial charge on any atom is -0.359 e. The third-order valence-electron chi connectivity index (χ3n) is 4.85. The molecular formula is C21H32IN5O. The number of aryl methyl sites for hydroxylation is 2. The van der Waals surface area contributed by atoms with Gasteiger partial charge in [0.1, 0.15) is 6.54 Å². The Morgan fingerprint density at radius 1 is 1.18 bits per heavy atom. The number of hydrogen-bond acceptors (Lipinski definition) is 4. The van der Waals surface area contributed by atoms with Gasteiger partial charge in [-0.25, -0.2) is 4.99 Å². The minimum absolute atomic E-state index is 0. The highest BCUT2D eigenvalue weighted by Crippen LogP contribution is 2.11. The molecule has 1 aliphatic heterocycles. The fourth-order valence-corrected chi connectivity index (χ4v) is 3.36. The van der Waals surface area contributed by atoms with Crippen LogP contribution in [0.4, 0.5) is 0 Å². The van der Waals surface area contributed by atoms with Crippen molar-refractivity contribution in [2.24, 2.45) is 4.99 Å². The van der Waals surface area contributed by atoms with Crippen molar-refractivity contribution < 1.29 is 4.52 Å². The van der Waals surface area contributed by atoms with E-state index in [2.05, 4.69) is 65.3 Å². The quantitative estimate of drug-likeness (QED) is 0.377. The second-order valence-corrected chi connectivity index (χ2v) is 7.06. The van der Waals surface area contributed by atoms with Crippen LogP contribution >= 0.6 is 24.0 Å². The summed E-state index contributed by atoms with van der Waals surface area (Å²) >= 11 is 0. The molecule has 0 unspecified atom stereocenters. The Morgan fingerprint density at radius 2 is 1.96 bits per heavy atom. The van der Waals surface area contributed by atoms with Crippen molar-refractivity contribution >= 4 is 29.9 Å². The highest BCUT2D eigenvalue weighted by Gasteiger charge is 2.19. The molecule has 1 N–H and O–H groups in total. The molecule has 7 heteroatoms. The van der Waals surface area contributed by atoms with E-state index in [0.29, 0.717) is 6.54 Å². The van der Waals surface area contributed by atoms with Gasteiger partial charge in [-0.2, -0.15) is 0 Å². The minimum atomic E-state index is 0. The zero-order valence-electron chi connectivity index (χ0n) is 17.1. The van der Waals surface area contributed by atoms with Crippen LogP contribution in [0.15, 0.2) is 39.8 Å². The molecule has 1 saturated heterocycles. The first-order valence-corrected chi connectivity index (χ1v) is 9.93. The van der Waals surface area contributed by atoms with Crippen molar-refractivity contribution in [3.63, 3.8) is 0 Å². The average molecular weight is 497 g/mol. The van der Waals surface area contributed by atoms with E-state index in [0.717, 1.165) is 63.1 Å². The van der Waals surface area contributed by atoms with E-state index in [1.807, 2.05) is 6.07 Å². The Balaban J connectivity index is 0.00000280. The predicted molar refractivity (Wildman–Crippen MR) is 124 cm³/mol. The molecule has 154 valence electrons. The third kappa shape index (κ3) is 6.48. The highest BCUT2D eigenvalue weighted by molar-refractivity contribution is 14.0. The summed E-state index contributed by atoms with van der Waals surface area (Å²) in [4.78, 5) is 9.61. The molecule has 1 aliphatic rings. The summed E-state index contributed by atoms with van der Waals surface area (Å²) in [5.74, 6) is 1.78. The molecule has 1 aromatic carbocycles. The van der Waals surface area contributed by atoms with Crippen molar-refractivity contribution in [2.45, 2.75) is 40.3 Å². The summed E-state index contributed by atoms with van der Waals surface area (Å²) in [5.41, 5.74) is 3.70. The Bertz CT molecular complexity index is 753. The molecule has 6 nitrogen and oxygen atoms in total. The average Bonchev–Trinajstić information content (AvgIpc) is 3.14. The molecule has 0 aliphatic carbocycles. The van der Waals surface area contributed by atoms with Gasteiger partial charge in [-0.15, -0.1) is 24.0 Å². The lowest BCUT2D eigenvalue weighted by Crippen LogP contribution is -2.52. The fraction of sp³-hybridized carbons (Fsp3) is 0.524. The number of guanidine groups is 1. The predicted octanol–water partition coefficient (Wildman–Crippen LogP) is 3.45. The largest absolute Gasteiger partial charge is 0.359 e. The van der Waals surface area contributed by atoms with Crippen molar-refractivity contribution in [2.75, 3.05) is 32.7 Å². The van der Waals surface area contributed by atoms with E-state index in [4.69, 9.17) is 9.52 Å². The van der Waals surface area contributed by atoms with Crippen LogP contribution in [-0.2, 0) is 19.5 Å². The molecule has 28 heavy (non-hydrogen) atoms. The first kappa shape index (κ1) is 22.7. The fourth-order valence-electron chi connectivity index (χ4n) is 3.36. The van der Waals surface area contributed by atoms with Crippen LogP contribution in [-0.4, -0.2) is 53.6 Å². The molecule has 0 amide bonds. The van der Waals surface area contributed by atoms with Crippen LogP contribution in [0.5, 0.6) is 0 Å². The number of piperazine rings is 1. The van der Waals surface area contributed by atoms with E-state index >= 15 is 0 Å². The monoisotopic (exact) mass is 497 g/mol. The zero-order chi connectivity index (χ0) is 19.1. The summed E-state index contributed by atoms with van der Waals surface area (Å²) in [6.45, 7) is 12.8. The summed E-state index contributed by atoms with van der Waals surface area (Å²) < 4.78 is 5.35. The number of aliphatic imine (C=N–C) groups is 1. The van der Waals surface area contributed by atoms with Crippen LogP contribution in [0.2, 0.25) is 0 Å². The first-order chi connectivity index (χ1) is 13.2. The number of halogens is 1. The number of benzene rings is 1. The van der Waals surface area contributed by atoms with E-state index < -0.39 is 0 Å². The highest BCUT2D eigenvalue weighted by atomic mass is 127. The van der Waals surface area contributed by atoms with Crippen LogP contribution < -0.4 is 5.32 Å². The lowest BCUT2D eigenvalue weighted by Gasteiger charge is -2.36. The molecule has 1 aromatic heterocycles. The summed E-state index contributed by atoms with van der Waals surface area (Å²) in [6.07, 6.45) is 0.885. The van der Waals surface area contributed by atoms with Crippen molar-refractivity contribution in [1.29, 1.82) is 0 Å². The maximum absolute atomic E-state index is 5.35. The normalized spacial score (nSPS) is 15.4. The molecule has 3 rings (SSSR count). The maximum atomic E-state index is 5.35. The van der Waals surface area contributed by atoms with E-state index in [1.54, 1.807) is 0 Å². The van der Waals surface area contributed by atoms with Gasteiger partial charge >= 0.3 is 0 Å². The second-order valence-electron chi connectivity index (χ2n) is 7.06. The van der Waals surface area contributed by atoms with Gasteiger partial charge < -0.3 is 14.7 Å². The Hall–Kier alpha value is -1.61. The number of nitrogens with zero attached hydrogens (tertiary/aromatic N) is 4. The van der Waals surface area contributed by atoms with Gasteiger partial charge in [-0.05, 0) is 25.8 Å². The lowest BCUT2D eigenvalue weighted by atomic mass is 10.1. The molecule has 1 fully saturated rings. The maximum Gasteiger partial charge on any atom is 0.194 e. The number of nitrogens with one attached hydrogen (secondary N) is 1.